The van der Waals surface area contributed by atoms with Crippen molar-refractivity contribution in [1.82, 2.24) is 14.8 Å². The molecule has 0 unspecified atom stereocenters. The Morgan fingerprint density at radius 3 is 2.57 bits per heavy atom. The number of thioether (sulfide) groups is 1. The van der Waals surface area contributed by atoms with Crippen LogP contribution in [0.15, 0.2) is 60.0 Å². The van der Waals surface area contributed by atoms with E-state index in [0.29, 0.717) is 22.2 Å². The molecule has 3 rings (SSSR count). The molecule has 1 N–H and O–H groups in total. The lowest BCUT2D eigenvalue weighted by Gasteiger charge is -2.11. The van der Waals surface area contributed by atoms with Crippen LogP contribution >= 0.6 is 11.8 Å². The van der Waals surface area contributed by atoms with Gasteiger partial charge in [0.2, 0.25) is 5.91 Å². The van der Waals surface area contributed by atoms with Crippen molar-refractivity contribution in [3.8, 4) is 11.4 Å². The van der Waals surface area contributed by atoms with Gasteiger partial charge < -0.3 is 14.8 Å². The summed E-state index contributed by atoms with van der Waals surface area (Å²) in [5, 5.41) is 11.4. The molecule has 0 aliphatic carbocycles. The third kappa shape index (κ3) is 5.38. The summed E-state index contributed by atoms with van der Waals surface area (Å²) >= 11 is 1.26. The van der Waals surface area contributed by atoms with E-state index in [1.54, 1.807) is 56.1 Å². The summed E-state index contributed by atoms with van der Waals surface area (Å²) in [6, 6.07) is 14.1. The van der Waals surface area contributed by atoms with E-state index in [4.69, 9.17) is 9.47 Å². The van der Waals surface area contributed by atoms with E-state index in [1.165, 1.54) is 11.8 Å². The highest BCUT2D eigenvalue weighted by Crippen LogP contribution is 2.26. The van der Waals surface area contributed by atoms with Gasteiger partial charge >= 0.3 is 5.97 Å². The van der Waals surface area contributed by atoms with Crippen LogP contribution < -0.4 is 10.1 Å². The molecule has 1 aromatic heterocycles. The van der Waals surface area contributed by atoms with Gasteiger partial charge in [-0.2, -0.15) is 0 Å². The first-order valence-electron chi connectivity index (χ1n) is 9.25. The van der Waals surface area contributed by atoms with Crippen molar-refractivity contribution >= 4 is 29.3 Å². The largest absolute Gasteiger partial charge is 0.495 e. The van der Waals surface area contributed by atoms with E-state index in [1.807, 2.05) is 24.3 Å². The van der Waals surface area contributed by atoms with Crippen LogP contribution in [0.25, 0.3) is 5.69 Å². The van der Waals surface area contributed by atoms with Gasteiger partial charge in [0, 0.05) is 5.69 Å². The molecule has 0 aliphatic rings. The van der Waals surface area contributed by atoms with Gasteiger partial charge in [-0.3, -0.25) is 9.36 Å². The third-order valence-corrected chi connectivity index (χ3v) is 4.88. The number of carbonyl (C=O) groups excluding carboxylic acids is 2. The average Bonchev–Trinajstić information content (AvgIpc) is 3.20. The number of para-hydroxylation sites is 2. The molecule has 0 aliphatic heterocycles. The van der Waals surface area contributed by atoms with Crippen LogP contribution in [0.4, 0.5) is 5.69 Å². The van der Waals surface area contributed by atoms with E-state index in [2.05, 4.69) is 15.5 Å². The van der Waals surface area contributed by atoms with Gasteiger partial charge in [0.05, 0.1) is 30.2 Å². The fourth-order valence-electron chi connectivity index (χ4n) is 2.62. The zero-order valence-electron chi connectivity index (χ0n) is 16.9. The van der Waals surface area contributed by atoms with Gasteiger partial charge in [0.25, 0.3) is 0 Å². The number of anilines is 1. The van der Waals surface area contributed by atoms with Crippen molar-refractivity contribution in [2.75, 3.05) is 18.2 Å². The molecule has 0 saturated carbocycles. The van der Waals surface area contributed by atoms with E-state index >= 15 is 0 Å². The molecule has 9 heteroatoms. The van der Waals surface area contributed by atoms with Crippen LogP contribution in [-0.4, -0.2) is 45.6 Å². The molecule has 2 aromatic carbocycles. The van der Waals surface area contributed by atoms with Crippen molar-refractivity contribution in [1.29, 1.82) is 0 Å². The number of nitrogens with one attached hydrogen (secondary N) is 1. The predicted octanol–water partition coefficient (Wildman–Crippen LogP) is 3.57. The Morgan fingerprint density at radius 1 is 1.13 bits per heavy atom. The number of benzene rings is 2. The second-order valence-electron chi connectivity index (χ2n) is 6.52. The third-order valence-electron chi connectivity index (χ3n) is 3.94. The molecule has 0 radical (unpaired) electrons. The van der Waals surface area contributed by atoms with Crippen LogP contribution in [0.1, 0.15) is 24.2 Å². The van der Waals surface area contributed by atoms with Crippen LogP contribution in [0, 0.1) is 0 Å². The molecule has 3 aromatic rings. The van der Waals surface area contributed by atoms with E-state index in [9.17, 15) is 9.59 Å². The van der Waals surface area contributed by atoms with Gasteiger partial charge in [-0.25, -0.2) is 4.79 Å². The Labute approximate surface area is 178 Å². The number of amides is 1. The Balaban J connectivity index is 1.60. The molecule has 156 valence electrons. The van der Waals surface area contributed by atoms with E-state index in [-0.39, 0.29) is 17.8 Å². The lowest BCUT2D eigenvalue weighted by atomic mass is 10.2. The van der Waals surface area contributed by atoms with Crippen LogP contribution in [-0.2, 0) is 9.53 Å². The maximum absolute atomic E-state index is 12.3. The van der Waals surface area contributed by atoms with Crippen molar-refractivity contribution in [2.45, 2.75) is 25.1 Å². The number of hydrogen-bond donors (Lipinski definition) is 1. The standard InChI is InChI=1S/C21H22N4O4S/c1-14(2)29-20(27)15-8-10-16(11-9-15)23-19(26)12-30-21-24-22-13-25(21)17-6-4-5-7-18(17)28-3/h4-11,13-14H,12H2,1-3H3,(H,23,26). The highest BCUT2D eigenvalue weighted by atomic mass is 32.2. The second kappa shape index (κ2) is 9.93. The van der Waals surface area contributed by atoms with Gasteiger partial charge in [0.1, 0.15) is 12.1 Å². The summed E-state index contributed by atoms with van der Waals surface area (Å²) in [6.45, 7) is 3.58. The average molecular weight is 426 g/mol. The first kappa shape index (κ1) is 21.4. The van der Waals surface area contributed by atoms with Gasteiger partial charge in [-0.15, -0.1) is 10.2 Å². The minimum absolute atomic E-state index is 0.144. The van der Waals surface area contributed by atoms with Crippen LogP contribution in [0.3, 0.4) is 0 Å². The van der Waals surface area contributed by atoms with Crippen LogP contribution in [0.2, 0.25) is 0 Å². The minimum atomic E-state index is -0.394. The molecule has 30 heavy (non-hydrogen) atoms. The maximum atomic E-state index is 12.3. The molecular formula is C21H22N4O4S. The van der Waals surface area contributed by atoms with Crippen molar-refractivity contribution in [3.63, 3.8) is 0 Å². The maximum Gasteiger partial charge on any atom is 0.338 e. The SMILES string of the molecule is COc1ccccc1-n1cnnc1SCC(=O)Nc1ccc(C(=O)OC(C)C)cc1. The summed E-state index contributed by atoms with van der Waals surface area (Å²) in [4.78, 5) is 24.2. The van der Waals surface area contributed by atoms with Crippen LogP contribution in [0.5, 0.6) is 5.75 Å². The number of rotatable bonds is 8. The lowest BCUT2D eigenvalue weighted by molar-refractivity contribution is -0.113. The molecule has 0 spiro atoms. The molecule has 1 amide bonds. The monoisotopic (exact) mass is 426 g/mol. The normalized spacial score (nSPS) is 10.7. The summed E-state index contributed by atoms with van der Waals surface area (Å²) in [5.41, 5.74) is 1.81. The Kier molecular flexibility index (Phi) is 7.08. The first-order chi connectivity index (χ1) is 14.5. The second-order valence-corrected chi connectivity index (χ2v) is 7.47. The van der Waals surface area contributed by atoms with Gasteiger partial charge in [0.15, 0.2) is 5.16 Å². The minimum Gasteiger partial charge on any atom is -0.495 e. The fraction of sp³-hybridized carbons (Fsp3) is 0.238. The topological polar surface area (TPSA) is 95.3 Å². The number of esters is 1. The number of carbonyl (C=O) groups is 2. The van der Waals surface area contributed by atoms with E-state index in [0.717, 1.165) is 5.69 Å². The molecular weight excluding hydrogens is 404 g/mol. The zero-order chi connectivity index (χ0) is 21.5. The predicted molar refractivity (Wildman–Crippen MR) is 114 cm³/mol. The smallest absolute Gasteiger partial charge is 0.338 e. The lowest BCUT2D eigenvalue weighted by Crippen LogP contribution is -2.15. The zero-order valence-corrected chi connectivity index (χ0v) is 17.7. The number of methoxy groups -OCH3 is 1. The molecule has 0 saturated heterocycles. The summed E-state index contributed by atoms with van der Waals surface area (Å²) in [6.07, 6.45) is 1.39. The molecule has 1 heterocycles. The number of aromatic nitrogens is 3. The summed E-state index contributed by atoms with van der Waals surface area (Å²) < 4.78 is 12.3. The van der Waals surface area contributed by atoms with Gasteiger partial charge in [-0.05, 0) is 50.2 Å². The summed E-state index contributed by atoms with van der Waals surface area (Å²) in [7, 11) is 1.59. The number of ether oxygens (including phenoxy) is 2. The fourth-order valence-corrected chi connectivity index (χ4v) is 3.34. The summed E-state index contributed by atoms with van der Waals surface area (Å²) in [5.74, 6) is 0.228. The molecule has 0 atom stereocenters. The van der Waals surface area contributed by atoms with Crippen molar-refractivity contribution in [3.05, 3.63) is 60.4 Å². The number of hydrogen-bond acceptors (Lipinski definition) is 7. The van der Waals surface area contributed by atoms with E-state index < -0.39 is 5.97 Å². The highest BCUT2D eigenvalue weighted by molar-refractivity contribution is 7.99. The van der Waals surface area contributed by atoms with Gasteiger partial charge in [-0.1, -0.05) is 23.9 Å². The number of nitrogens with zero attached hydrogens (tertiary/aromatic N) is 3. The molecule has 0 bridgehead atoms. The quantitative estimate of drug-likeness (QED) is 0.434. The highest BCUT2D eigenvalue weighted by Gasteiger charge is 2.14. The molecule has 8 nitrogen and oxygen atoms in total. The Bertz CT molecular complexity index is 1020. The van der Waals surface area contributed by atoms with Crippen molar-refractivity contribution in [2.24, 2.45) is 0 Å². The van der Waals surface area contributed by atoms with Crippen molar-refractivity contribution < 1.29 is 19.1 Å². The first-order valence-corrected chi connectivity index (χ1v) is 10.2. The Hall–Kier alpha value is -3.33. The molecule has 0 fully saturated rings. The Morgan fingerprint density at radius 2 is 1.87 bits per heavy atom.